The van der Waals surface area contributed by atoms with E-state index in [1.807, 2.05) is 55.9 Å². The van der Waals surface area contributed by atoms with Gasteiger partial charge in [0.05, 0.1) is 16.8 Å². The number of rotatable bonds is 6. The van der Waals surface area contributed by atoms with Gasteiger partial charge in [0.25, 0.3) is 5.91 Å². The highest BCUT2D eigenvalue weighted by molar-refractivity contribution is 6.26. The van der Waals surface area contributed by atoms with Crippen molar-refractivity contribution in [1.29, 1.82) is 0 Å². The molecular formula is C25H30N4O. The van der Waals surface area contributed by atoms with Crippen LogP contribution in [0.4, 0.5) is 11.5 Å². The molecule has 2 aromatic heterocycles. The van der Waals surface area contributed by atoms with E-state index >= 15 is 0 Å². The maximum atomic E-state index is 13.4. The fourth-order valence-electron chi connectivity index (χ4n) is 4.56. The van der Waals surface area contributed by atoms with Crippen LogP contribution in [0.5, 0.6) is 0 Å². The molecule has 1 amide bonds. The molecule has 0 aliphatic carbocycles. The second-order valence-electron chi connectivity index (χ2n) is 8.39. The Balaban J connectivity index is 1.95. The minimum Gasteiger partial charge on any atom is -0.363 e. The van der Waals surface area contributed by atoms with Crippen LogP contribution in [0.25, 0.3) is 22.0 Å². The van der Waals surface area contributed by atoms with Crippen molar-refractivity contribution in [3.8, 4) is 11.1 Å². The molecule has 1 aliphatic rings. The van der Waals surface area contributed by atoms with Crippen LogP contribution in [0.15, 0.2) is 30.3 Å². The van der Waals surface area contributed by atoms with Crippen molar-refractivity contribution in [2.45, 2.75) is 53.0 Å². The number of anilines is 2. The highest BCUT2D eigenvalue weighted by atomic mass is 16.2. The summed E-state index contributed by atoms with van der Waals surface area (Å²) in [7, 11) is 3.98. The Hall–Kier alpha value is -2.95. The Labute approximate surface area is 178 Å². The van der Waals surface area contributed by atoms with Crippen molar-refractivity contribution in [1.82, 2.24) is 9.97 Å². The molecular weight excluding hydrogens is 372 g/mol. The van der Waals surface area contributed by atoms with Crippen molar-refractivity contribution < 1.29 is 4.79 Å². The lowest BCUT2D eigenvalue weighted by molar-refractivity contribution is 0.0981. The molecule has 0 spiro atoms. The highest BCUT2D eigenvalue weighted by Crippen LogP contribution is 2.43. The number of aromatic nitrogens is 2. The van der Waals surface area contributed by atoms with Crippen LogP contribution in [0.2, 0.25) is 0 Å². The molecule has 5 heteroatoms. The molecule has 5 nitrogen and oxygen atoms in total. The highest BCUT2D eigenvalue weighted by Gasteiger charge is 2.35. The van der Waals surface area contributed by atoms with Crippen LogP contribution in [0.3, 0.4) is 0 Å². The Bertz CT molecular complexity index is 1140. The van der Waals surface area contributed by atoms with Gasteiger partial charge in [-0.1, -0.05) is 26.3 Å². The number of hydrogen-bond donors (Lipinski definition) is 0. The van der Waals surface area contributed by atoms with Gasteiger partial charge in [-0.15, -0.1) is 0 Å². The maximum absolute atomic E-state index is 13.4. The molecule has 0 N–H and O–H groups in total. The fraction of sp³-hybridized carbons (Fsp3) is 0.400. The maximum Gasteiger partial charge on any atom is 0.259 e. The van der Waals surface area contributed by atoms with E-state index in [4.69, 9.17) is 9.97 Å². The van der Waals surface area contributed by atoms with Gasteiger partial charge >= 0.3 is 0 Å². The third-order valence-electron chi connectivity index (χ3n) is 6.05. The second kappa shape index (κ2) is 7.71. The topological polar surface area (TPSA) is 49.3 Å². The normalized spacial score (nSPS) is 13.9. The summed E-state index contributed by atoms with van der Waals surface area (Å²) in [6, 6.07) is 10.4. The zero-order valence-electron chi connectivity index (χ0n) is 18.8. The molecule has 0 saturated carbocycles. The number of aryl methyl sites for hydroxylation is 2. The summed E-state index contributed by atoms with van der Waals surface area (Å²) in [4.78, 5) is 27.0. The first-order valence-corrected chi connectivity index (χ1v) is 10.8. The third-order valence-corrected chi connectivity index (χ3v) is 6.05. The van der Waals surface area contributed by atoms with E-state index in [0.717, 1.165) is 69.7 Å². The minimum absolute atomic E-state index is 0.104. The zero-order chi connectivity index (χ0) is 21.6. The Morgan fingerprint density at radius 1 is 1.00 bits per heavy atom. The van der Waals surface area contributed by atoms with Crippen molar-refractivity contribution in [2.24, 2.45) is 0 Å². The van der Waals surface area contributed by atoms with E-state index in [9.17, 15) is 4.79 Å². The lowest BCUT2D eigenvalue weighted by Gasteiger charge is -2.27. The van der Waals surface area contributed by atoms with Crippen molar-refractivity contribution in [2.75, 3.05) is 23.9 Å². The number of nitrogens with zero attached hydrogens (tertiary/aromatic N) is 4. The quantitative estimate of drug-likeness (QED) is 0.545. The first-order valence-electron chi connectivity index (χ1n) is 10.8. The molecule has 4 rings (SSSR count). The molecule has 1 aliphatic heterocycles. The van der Waals surface area contributed by atoms with Gasteiger partial charge < -0.3 is 9.80 Å². The number of amides is 1. The first-order chi connectivity index (χ1) is 14.4. The molecule has 1 aromatic carbocycles. The second-order valence-corrected chi connectivity index (χ2v) is 8.39. The summed E-state index contributed by atoms with van der Waals surface area (Å²) >= 11 is 0. The minimum atomic E-state index is 0.104. The molecule has 0 saturated heterocycles. The van der Waals surface area contributed by atoms with Crippen molar-refractivity contribution >= 4 is 28.3 Å². The van der Waals surface area contributed by atoms with Gasteiger partial charge in [0.1, 0.15) is 5.82 Å². The van der Waals surface area contributed by atoms with Crippen LogP contribution < -0.4 is 9.80 Å². The van der Waals surface area contributed by atoms with Gasteiger partial charge in [-0.3, -0.25) is 9.78 Å². The Kier molecular flexibility index (Phi) is 5.22. The van der Waals surface area contributed by atoms with Gasteiger partial charge in [-0.25, -0.2) is 4.98 Å². The van der Waals surface area contributed by atoms with Crippen LogP contribution in [0, 0.1) is 13.8 Å². The number of hydrogen-bond acceptors (Lipinski definition) is 4. The molecule has 0 radical (unpaired) electrons. The Morgan fingerprint density at radius 3 is 2.33 bits per heavy atom. The predicted molar refractivity (Wildman–Crippen MR) is 125 cm³/mol. The SMILES string of the molecule is CCCC(CC)N1C(=O)c2ccc(-c3ccc(N(C)C)nc3C)c3nc(C)cc1c23. The summed E-state index contributed by atoms with van der Waals surface area (Å²) in [6.07, 6.45) is 3.00. The third kappa shape index (κ3) is 3.13. The van der Waals surface area contributed by atoms with Crippen molar-refractivity contribution in [3.63, 3.8) is 0 Å². The van der Waals surface area contributed by atoms with Crippen molar-refractivity contribution in [3.05, 3.63) is 47.3 Å². The van der Waals surface area contributed by atoms with E-state index in [2.05, 4.69) is 26.0 Å². The summed E-state index contributed by atoms with van der Waals surface area (Å²) in [5.41, 5.74) is 6.65. The van der Waals surface area contributed by atoms with Gasteiger partial charge in [0.2, 0.25) is 0 Å². The summed E-state index contributed by atoms with van der Waals surface area (Å²) in [5.74, 6) is 1.03. The number of carbonyl (C=O) groups excluding carboxylic acids is 1. The van der Waals surface area contributed by atoms with Crippen LogP contribution in [0.1, 0.15) is 54.9 Å². The molecule has 0 fully saturated rings. The average Bonchev–Trinajstić information content (AvgIpc) is 2.99. The lowest BCUT2D eigenvalue weighted by Crippen LogP contribution is -2.37. The van der Waals surface area contributed by atoms with Gasteiger partial charge in [-0.2, -0.15) is 0 Å². The lowest BCUT2D eigenvalue weighted by atomic mass is 9.97. The first kappa shape index (κ1) is 20.3. The zero-order valence-corrected chi connectivity index (χ0v) is 18.8. The van der Waals surface area contributed by atoms with E-state index in [1.54, 1.807) is 0 Å². The van der Waals surface area contributed by atoms with Crippen LogP contribution >= 0.6 is 0 Å². The molecule has 1 atom stereocenters. The van der Waals surface area contributed by atoms with Crippen LogP contribution in [-0.2, 0) is 0 Å². The molecule has 1 unspecified atom stereocenters. The van der Waals surface area contributed by atoms with Gasteiger partial charge in [0, 0.05) is 48.0 Å². The molecule has 156 valence electrons. The monoisotopic (exact) mass is 402 g/mol. The number of benzene rings is 1. The summed E-state index contributed by atoms with van der Waals surface area (Å²) in [5, 5.41) is 0.980. The van der Waals surface area contributed by atoms with Crippen LogP contribution in [-0.4, -0.2) is 36.0 Å². The summed E-state index contributed by atoms with van der Waals surface area (Å²) in [6.45, 7) is 8.38. The summed E-state index contributed by atoms with van der Waals surface area (Å²) < 4.78 is 0. The smallest absolute Gasteiger partial charge is 0.259 e. The van der Waals surface area contributed by atoms with E-state index in [1.165, 1.54) is 0 Å². The number of pyridine rings is 2. The van der Waals surface area contributed by atoms with Gasteiger partial charge in [-0.05, 0) is 51.0 Å². The van der Waals surface area contributed by atoms with E-state index in [0.29, 0.717) is 0 Å². The molecule has 0 bridgehead atoms. The molecule has 30 heavy (non-hydrogen) atoms. The molecule has 3 aromatic rings. The standard InChI is InChI=1S/C25H30N4O/c1-7-9-17(8-2)29-21-14-15(3)26-24-19(10-11-20(23(21)24)25(29)30)18-12-13-22(28(5)6)27-16(18)4/h10-14,17H,7-9H2,1-6H3. The van der Waals surface area contributed by atoms with Gasteiger partial charge in [0.15, 0.2) is 0 Å². The fourth-order valence-corrected chi connectivity index (χ4v) is 4.56. The molecule has 3 heterocycles. The average molecular weight is 403 g/mol. The largest absolute Gasteiger partial charge is 0.363 e. The Morgan fingerprint density at radius 2 is 1.70 bits per heavy atom. The number of carbonyl (C=O) groups is 1. The van der Waals surface area contributed by atoms with E-state index in [-0.39, 0.29) is 11.9 Å². The predicted octanol–water partition coefficient (Wildman–Crippen LogP) is 5.52. The van der Waals surface area contributed by atoms with E-state index < -0.39 is 0 Å².